The zero-order chi connectivity index (χ0) is 16.4. The fourth-order valence-corrected chi connectivity index (χ4v) is 4.25. The molecule has 0 radical (unpaired) electrons. The van der Waals surface area contributed by atoms with Gasteiger partial charge in [-0.15, -0.1) is 0 Å². The summed E-state index contributed by atoms with van der Waals surface area (Å²) in [5.41, 5.74) is 5.40. The van der Waals surface area contributed by atoms with Crippen LogP contribution in [0.15, 0.2) is 23.1 Å². The van der Waals surface area contributed by atoms with Gasteiger partial charge >= 0.3 is 0 Å². The van der Waals surface area contributed by atoms with E-state index in [0.29, 0.717) is 0 Å². The molecule has 0 heterocycles. The number of halogens is 1. The number of benzene rings is 1. The minimum Gasteiger partial charge on any atom is -0.324 e. The molecule has 1 aromatic rings. The normalized spacial score (nSPS) is 18.1. The van der Waals surface area contributed by atoms with E-state index in [1.54, 1.807) is 0 Å². The smallest absolute Gasteiger partial charge is 0.271 e. The molecule has 0 atom stereocenters. The maximum absolute atomic E-state index is 12.3. The summed E-state index contributed by atoms with van der Waals surface area (Å²) in [5.74, 6) is 0. The van der Waals surface area contributed by atoms with Gasteiger partial charge in [-0.2, -0.15) is 0 Å². The van der Waals surface area contributed by atoms with Gasteiger partial charge in [0.1, 0.15) is 4.90 Å². The number of sulfonamides is 1. The van der Waals surface area contributed by atoms with Crippen molar-refractivity contribution >= 4 is 27.3 Å². The zero-order valence-corrected chi connectivity index (χ0v) is 13.5. The number of nitro benzene ring substituents is 1. The number of nitro groups is 1. The number of nitrogens with one attached hydrogen (secondary N) is 1. The van der Waals surface area contributed by atoms with Crippen LogP contribution in [0.4, 0.5) is 5.69 Å². The van der Waals surface area contributed by atoms with Crippen molar-refractivity contribution in [3.05, 3.63) is 33.3 Å². The van der Waals surface area contributed by atoms with Gasteiger partial charge < -0.3 is 5.73 Å². The van der Waals surface area contributed by atoms with E-state index in [1.807, 2.05) is 0 Å². The number of hydrogen-bond acceptors (Lipinski definition) is 5. The number of hydrogen-bond donors (Lipinski definition) is 2. The molecule has 1 aliphatic rings. The van der Waals surface area contributed by atoms with Crippen LogP contribution in [0.5, 0.6) is 0 Å². The minimum atomic E-state index is -3.86. The summed E-state index contributed by atoms with van der Waals surface area (Å²) in [4.78, 5) is 9.84. The Kier molecular flexibility index (Phi) is 5.06. The Labute approximate surface area is 134 Å². The molecule has 7 nitrogen and oxygen atoms in total. The van der Waals surface area contributed by atoms with E-state index in [4.69, 9.17) is 17.3 Å². The molecule has 1 aliphatic carbocycles. The molecule has 0 aromatic heterocycles. The fourth-order valence-electron chi connectivity index (χ4n) is 2.57. The molecule has 22 heavy (non-hydrogen) atoms. The quantitative estimate of drug-likeness (QED) is 0.625. The summed E-state index contributed by atoms with van der Waals surface area (Å²) in [6.07, 6.45) is 4.61. The second kappa shape index (κ2) is 6.49. The second-order valence-corrected chi connectivity index (χ2v) is 7.76. The third-order valence-electron chi connectivity index (χ3n) is 3.88. The Morgan fingerprint density at radius 1 is 1.32 bits per heavy atom. The van der Waals surface area contributed by atoms with Gasteiger partial charge in [-0.1, -0.05) is 30.9 Å². The first-order valence-corrected chi connectivity index (χ1v) is 8.82. The Morgan fingerprint density at radius 2 is 1.95 bits per heavy atom. The first kappa shape index (κ1) is 17.1. The topological polar surface area (TPSA) is 115 Å². The Balaban J connectivity index is 2.15. The predicted octanol–water partition coefficient (Wildman–Crippen LogP) is 2.19. The summed E-state index contributed by atoms with van der Waals surface area (Å²) in [7, 11) is -3.86. The van der Waals surface area contributed by atoms with Gasteiger partial charge in [-0.3, -0.25) is 10.1 Å². The van der Waals surface area contributed by atoms with E-state index in [0.717, 1.165) is 50.3 Å². The van der Waals surface area contributed by atoms with Crippen molar-refractivity contribution in [2.24, 2.45) is 5.73 Å². The number of non-ortho nitro benzene ring substituents is 1. The molecule has 1 fully saturated rings. The highest BCUT2D eigenvalue weighted by atomic mass is 35.5. The molecule has 0 spiro atoms. The molecule has 2 rings (SSSR count). The standard InChI is InChI=1S/C13H18ClN3O4S/c14-11-8-10(17(18)19)4-5-12(11)22(20,21)16-9-13(15)6-2-1-3-7-13/h4-5,8,16H,1-3,6-7,9,15H2. The first-order chi connectivity index (χ1) is 10.2. The SMILES string of the molecule is NC1(CNS(=O)(=O)c2ccc([N+](=O)[O-])cc2Cl)CCCCC1. The van der Waals surface area contributed by atoms with Crippen LogP contribution < -0.4 is 10.5 Å². The van der Waals surface area contributed by atoms with Crippen molar-refractivity contribution in [1.29, 1.82) is 0 Å². The minimum absolute atomic E-state index is 0.128. The molecule has 0 unspecified atom stereocenters. The molecule has 0 saturated heterocycles. The fraction of sp³-hybridized carbons (Fsp3) is 0.538. The largest absolute Gasteiger partial charge is 0.324 e. The lowest BCUT2D eigenvalue weighted by molar-refractivity contribution is -0.384. The highest BCUT2D eigenvalue weighted by Gasteiger charge is 2.30. The highest BCUT2D eigenvalue weighted by Crippen LogP contribution is 2.28. The van der Waals surface area contributed by atoms with Gasteiger partial charge in [-0.25, -0.2) is 13.1 Å². The molecule has 3 N–H and O–H groups in total. The van der Waals surface area contributed by atoms with E-state index in [9.17, 15) is 18.5 Å². The molecule has 122 valence electrons. The van der Waals surface area contributed by atoms with E-state index in [-0.39, 0.29) is 22.2 Å². The summed E-state index contributed by atoms with van der Waals surface area (Å²) in [6.45, 7) is 0.128. The van der Waals surface area contributed by atoms with E-state index >= 15 is 0 Å². The molecule has 1 saturated carbocycles. The number of rotatable bonds is 5. The van der Waals surface area contributed by atoms with Crippen molar-refractivity contribution < 1.29 is 13.3 Å². The highest BCUT2D eigenvalue weighted by molar-refractivity contribution is 7.89. The van der Waals surface area contributed by atoms with Crippen molar-refractivity contribution in [2.75, 3.05) is 6.54 Å². The van der Waals surface area contributed by atoms with Gasteiger partial charge in [-0.05, 0) is 18.9 Å². The van der Waals surface area contributed by atoms with Crippen LogP contribution >= 0.6 is 11.6 Å². The van der Waals surface area contributed by atoms with Crippen molar-refractivity contribution in [2.45, 2.75) is 42.5 Å². The van der Waals surface area contributed by atoms with Gasteiger partial charge in [0.2, 0.25) is 10.0 Å². The average molecular weight is 348 g/mol. The van der Waals surface area contributed by atoms with Gasteiger partial charge in [0.15, 0.2) is 0 Å². The lowest BCUT2D eigenvalue weighted by atomic mass is 9.83. The number of nitrogens with zero attached hydrogens (tertiary/aromatic N) is 1. The third kappa shape index (κ3) is 3.95. The summed E-state index contributed by atoms with van der Waals surface area (Å²) < 4.78 is 27.1. The van der Waals surface area contributed by atoms with Crippen LogP contribution in [0.1, 0.15) is 32.1 Å². The van der Waals surface area contributed by atoms with Crippen LogP contribution in [-0.2, 0) is 10.0 Å². The predicted molar refractivity (Wildman–Crippen MR) is 83.3 cm³/mol. The van der Waals surface area contributed by atoms with Crippen molar-refractivity contribution in [3.8, 4) is 0 Å². The van der Waals surface area contributed by atoms with Gasteiger partial charge in [0, 0.05) is 24.2 Å². The van der Waals surface area contributed by atoms with Gasteiger partial charge in [0.25, 0.3) is 5.69 Å². The molecule has 1 aromatic carbocycles. The van der Waals surface area contributed by atoms with Crippen LogP contribution in [0, 0.1) is 10.1 Å². The third-order valence-corrected chi connectivity index (χ3v) is 5.76. The Bertz CT molecular complexity index is 672. The molecule has 0 aliphatic heterocycles. The molecule has 9 heteroatoms. The second-order valence-electron chi connectivity index (χ2n) is 5.62. The van der Waals surface area contributed by atoms with Gasteiger partial charge in [0.05, 0.1) is 9.95 Å². The zero-order valence-electron chi connectivity index (χ0n) is 11.9. The van der Waals surface area contributed by atoms with Crippen molar-refractivity contribution in [3.63, 3.8) is 0 Å². The lowest BCUT2D eigenvalue weighted by Gasteiger charge is -2.33. The van der Waals surface area contributed by atoms with E-state index < -0.39 is 20.5 Å². The number of nitrogens with two attached hydrogens (primary N) is 1. The summed E-state index contributed by atoms with van der Waals surface area (Å²) in [6, 6.07) is 3.26. The molecule has 0 amide bonds. The van der Waals surface area contributed by atoms with Crippen molar-refractivity contribution in [1.82, 2.24) is 4.72 Å². The lowest BCUT2D eigenvalue weighted by Crippen LogP contribution is -2.51. The Hall–Kier alpha value is -1.22. The molecular formula is C13H18ClN3O4S. The van der Waals surface area contributed by atoms with Crippen LogP contribution in [-0.4, -0.2) is 25.4 Å². The van der Waals surface area contributed by atoms with Crippen LogP contribution in [0.3, 0.4) is 0 Å². The average Bonchev–Trinajstić information content (AvgIpc) is 2.46. The van der Waals surface area contributed by atoms with Crippen LogP contribution in [0.25, 0.3) is 0 Å². The molecular weight excluding hydrogens is 330 g/mol. The maximum Gasteiger partial charge on any atom is 0.271 e. The van der Waals surface area contributed by atoms with E-state index in [1.165, 1.54) is 0 Å². The summed E-state index contributed by atoms with van der Waals surface area (Å²) in [5, 5.41) is 10.5. The first-order valence-electron chi connectivity index (χ1n) is 6.96. The monoisotopic (exact) mass is 347 g/mol. The Morgan fingerprint density at radius 3 is 2.50 bits per heavy atom. The molecule has 0 bridgehead atoms. The summed E-state index contributed by atoms with van der Waals surface area (Å²) >= 11 is 5.86. The maximum atomic E-state index is 12.3. The van der Waals surface area contributed by atoms with E-state index in [2.05, 4.69) is 4.72 Å². The van der Waals surface area contributed by atoms with Crippen LogP contribution in [0.2, 0.25) is 5.02 Å².